The number of anilines is 1. The van der Waals surface area contributed by atoms with Gasteiger partial charge in [-0.25, -0.2) is 0 Å². The van der Waals surface area contributed by atoms with Crippen LogP contribution in [0.1, 0.15) is 36.0 Å². The van der Waals surface area contributed by atoms with E-state index in [0.717, 1.165) is 24.1 Å². The van der Waals surface area contributed by atoms with Crippen LogP contribution in [0.2, 0.25) is 0 Å². The minimum Gasteiger partial charge on any atom is -0.382 e. The first-order chi connectivity index (χ1) is 9.31. The van der Waals surface area contributed by atoms with Gasteiger partial charge in [0.15, 0.2) is 0 Å². The van der Waals surface area contributed by atoms with Gasteiger partial charge < -0.3 is 10.6 Å². The van der Waals surface area contributed by atoms with E-state index >= 15 is 0 Å². The Hall–Kier alpha value is -1.16. The van der Waals surface area contributed by atoms with Crippen LogP contribution in [-0.4, -0.2) is 29.5 Å². The molecule has 1 aromatic rings. The van der Waals surface area contributed by atoms with Crippen LogP contribution in [0.5, 0.6) is 0 Å². The summed E-state index contributed by atoms with van der Waals surface area (Å²) in [5.74, 6) is 2.53. The molecule has 1 heterocycles. The lowest BCUT2D eigenvalue weighted by atomic mass is 10.1. The molecule has 102 valence electrons. The van der Waals surface area contributed by atoms with Gasteiger partial charge in [0.2, 0.25) is 0 Å². The van der Waals surface area contributed by atoms with Gasteiger partial charge in [0.25, 0.3) is 5.91 Å². The van der Waals surface area contributed by atoms with Gasteiger partial charge in [0.05, 0.1) is 0 Å². The first kappa shape index (κ1) is 12.9. The van der Waals surface area contributed by atoms with Gasteiger partial charge in [-0.15, -0.1) is 0 Å². The van der Waals surface area contributed by atoms with Gasteiger partial charge in [-0.3, -0.25) is 4.79 Å². The molecule has 2 fully saturated rings. The number of hydrogen-bond acceptors (Lipinski definition) is 3. The lowest BCUT2D eigenvalue weighted by Gasteiger charge is -2.23. The van der Waals surface area contributed by atoms with Crippen LogP contribution in [0.25, 0.3) is 0 Å². The second-order valence-electron chi connectivity index (χ2n) is 5.36. The number of benzene rings is 1. The van der Waals surface area contributed by atoms with E-state index in [1.807, 2.05) is 30.0 Å². The van der Waals surface area contributed by atoms with Gasteiger partial charge in [0, 0.05) is 23.3 Å². The molecular formula is C15H20N2OS. The predicted molar refractivity (Wildman–Crippen MR) is 80.9 cm³/mol. The second kappa shape index (κ2) is 5.87. The molecule has 1 amide bonds. The number of hydrogen-bond donors (Lipinski definition) is 2. The number of carbonyl (C=O) groups excluding carboxylic acids is 1. The van der Waals surface area contributed by atoms with Crippen molar-refractivity contribution in [3.8, 4) is 0 Å². The third-order valence-electron chi connectivity index (χ3n) is 3.63. The Bertz CT molecular complexity index is 453. The largest absolute Gasteiger partial charge is 0.382 e. The zero-order chi connectivity index (χ0) is 13.1. The van der Waals surface area contributed by atoms with E-state index in [1.165, 1.54) is 24.3 Å². The number of amides is 1. The summed E-state index contributed by atoms with van der Waals surface area (Å²) >= 11 is 2.03. The standard InChI is InChI=1S/C15H20N2OS/c18-15(17-12-4-5-12)11-2-1-3-14(10-11)16-13-6-8-19-9-7-13/h1-3,10,12-13,16H,4-9H2,(H,17,18). The minimum atomic E-state index is 0.0605. The Labute approximate surface area is 118 Å². The van der Waals surface area contributed by atoms with Crippen molar-refractivity contribution in [2.75, 3.05) is 16.8 Å². The molecular weight excluding hydrogens is 256 g/mol. The molecule has 4 heteroatoms. The molecule has 0 spiro atoms. The highest BCUT2D eigenvalue weighted by atomic mass is 32.2. The van der Waals surface area contributed by atoms with Crippen molar-refractivity contribution in [2.24, 2.45) is 0 Å². The maximum atomic E-state index is 12.0. The average molecular weight is 276 g/mol. The van der Waals surface area contributed by atoms with Gasteiger partial charge in [0.1, 0.15) is 0 Å². The van der Waals surface area contributed by atoms with Gasteiger partial charge in [-0.1, -0.05) is 6.07 Å². The van der Waals surface area contributed by atoms with Crippen LogP contribution in [0.3, 0.4) is 0 Å². The molecule has 2 aliphatic rings. The molecule has 0 bridgehead atoms. The molecule has 1 aliphatic carbocycles. The summed E-state index contributed by atoms with van der Waals surface area (Å²) in [6, 6.07) is 8.85. The quantitative estimate of drug-likeness (QED) is 0.888. The molecule has 19 heavy (non-hydrogen) atoms. The fourth-order valence-corrected chi connectivity index (χ4v) is 3.43. The van der Waals surface area contributed by atoms with Crippen molar-refractivity contribution in [3.63, 3.8) is 0 Å². The molecule has 0 atom stereocenters. The van der Waals surface area contributed by atoms with E-state index < -0.39 is 0 Å². The van der Waals surface area contributed by atoms with Crippen LogP contribution in [0, 0.1) is 0 Å². The van der Waals surface area contributed by atoms with Crippen molar-refractivity contribution in [3.05, 3.63) is 29.8 Å². The Kier molecular flexibility index (Phi) is 3.97. The second-order valence-corrected chi connectivity index (χ2v) is 6.58. The van der Waals surface area contributed by atoms with E-state index in [4.69, 9.17) is 0 Å². The van der Waals surface area contributed by atoms with Crippen LogP contribution < -0.4 is 10.6 Å². The summed E-state index contributed by atoms with van der Waals surface area (Å²) < 4.78 is 0. The molecule has 0 radical (unpaired) electrons. The molecule has 1 saturated carbocycles. The molecule has 2 N–H and O–H groups in total. The summed E-state index contributed by atoms with van der Waals surface area (Å²) in [5, 5.41) is 6.58. The highest BCUT2D eigenvalue weighted by Crippen LogP contribution is 2.22. The number of thioether (sulfide) groups is 1. The maximum Gasteiger partial charge on any atom is 0.251 e. The highest BCUT2D eigenvalue weighted by Gasteiger charge is 2.23. The topological polar surface area (TPSA) is 41.1 Å². The number of nitrogens with one attached hydrogen (secondary N) is 2. The molecule has 3 rings (SSSR count). The SMILES string of the molecule is O=C(NC1CC1)c1cccc(NC2CCSCC2)c1. The van der Waals surface area contributed by atoms with Crippen LogP contribution in [0.15, 0.2) is 24.3 Å². The summed E-state index contributed by atoms with van der Waals surface area (Å²) in [4.78, 5) is 12.0. The lowest BCUT2D eigenvalue weighted by Crippen LogP contribution is -2.26. The molecule has 1 aromatic carbocycles. The smallest absolute Gasteiger partial charge is 0.251 e. The van der Waals surface area contributed by atoms with E-state index in [9.17, 15) is 4.79 Å². The van der Waals surface area contributed by atoms with Crippen LogP contribution >= 0.6 is 11.8 Å². The Morgan fingerprint density at radius 3 is 2.63 bits per heavy atom. The number of carbonyl (C=O) groups is 1. The Morgan fingerprint density at radius 1 is 1.11 bits per heavy atom. The van der Waals surface area contributed by atoms with Gasteiger partial charge in [-0.05, 0) is 55.4 Å². The summed E-state index contributed by atoms with van der Waals surface area (Å²) in [5.41, 5.74) is 1.84. The van der Waals surface area contributed by atoms with Gasteiger partial charge in [-0.2, -0.15) is 11.8 Å². The molecule has 1 aliphatic heterocycles. The highest BCUT2D eigenvalue weighted by molar-refractivity contribution is 7.99. The molecule has 0 aromatic heterocycles. The maximum absolute atomic E-state index is 12.0. The van der Waals surface area contributed by atoms with E-state index in [-0.39, 0.29) is 5.91 Å². The minimum absolute atomic E-state index is 0.0605. The van der Waals surface area contributed by atoms with Crippen molar-refractivity contribution in [1.29, 1.82) is 0 Å². The number of rotatable bonds is 4. The molecule has 3 nitrogen and oxygen atoms in total. The zero-order valence-corrected chi connectivity index (χ0v) is 11.8. The van der Waals surface area contributed by atoms with Crippen molar-refractivity contribution in [1.82, 2.24) is 5.32 Å². The fraction of sp³-hybridized carbons (Fsp3) is 0.533. The fourth-order valence-electron chi connectivity index (χ4n) is 2.32. The van der Waals surface area contributed by atoms with Crippen molar-refractivity contribution in [2.45, 2.75) is 37.8 Å². The summed E-state index contributed by atoms with van der Waals surface area (Å²) in [6.07, 6.45) is 4.68. The third kappa shape index (κ3) is 3.66. The lowest BCUT2D eigenvalue weighted by molar-refractivity contribution is 0.0951. The van der Waals surface area contributed by atoms with Crippen molar-refractivity contribution >= 4 is 23.4 Å². The van der Waals surface area contributed by atoms with E-state index in [1.54, 1.807) is 0 Å². The first-order valence-corrected chi connectivity index (χ1v) is 8.22. The normalized spacial score (nSPS) is 20.0. The van der Waals surface area contributed by atoms with E-state index in [0.29, 0.717) is 12.1 Å². The summed E-state index contributed by atoms with van der Waals surface area (Å²) in [6.45, 7) is 0. The molecule has 0 unspecified atom stereocenters. The van der Waals surface area contributed by atoms with E-state index in [2.05, 4.69) is 16.7 Å². The average Bonchev–Trinajstić information content (AvgIpc) is 3.24. The third-order valence-corrected chi connectivity index (χ3v) is 4.68. The van der Waals surface area contributed by atoms with Crippen LogP contribution in [-0.2, 0) is 0 Å². The Balaban J connectivity index is 1.62. The zero-order valence-electron chi connectivity index (χ0n) is 11.0. The van der Waals surface area contributed by atoms with Gasteiger partial charge >= 0.3 is 0 Å². The first-order valence-electron chi connectivity index (χ1n) is 7.06. The van der Waals surface area contributed by atoms with Crippen molar-refractivity contribution < 1.29 is 4.79 Å². The molecule has 1 saturated heterocycles. The summed E-state index contributed by atoms with van der Waals surface area (Å²) in [7, 11) is 0. The van der Waals surface area contributed by atoms with Crippen LogP contribution in [0.4, 0.5) is 5.69 Å². The Morgan fingerprint density at radius 2 is 1.89 bits per heavy atom. The monoisotopic (exact) mass is 276 g/mol. The predicted octanol–water partition coefficient (Wildman–Crippen LogP) is 2.89.